The van der Waals surface area contributed by atoms with Gasteiger partial charge in [0.15, 0.2) is 5.79 Å². The van der Waals surface area contributed by atoms with Crippen LogP contribution in [-0.2, 0) is 9.47 Å². The topological polar surface area (TPSA) is 69.7 Å². The van der Waals surface area contributed by atoms with Gasteiger partial charge in [-0.15, -0.1) is 0 Å². The molecule has 1 amide bonds. The zero-order valence-electron chi connectivity index (χ0n) is 13.0. The number of carbonyl (C=O) groups excluding carboxylic acids is 1. The van der Waals surface area contributed by atoms with Gasteiger partial charge in [-0.3, -0.25) is 10.3 Å². The highest BCUT2D eigenvalue weighted by atomic mass is 16.7. The number of nitrogens with one attached hydrogen (secondary N) is 1. The zero-order valence-corrected chi connectivity index (χ0v) is 13.0. The lowest BCUT2D eigenvalue weighted by Crippen LogP contribution is -2.20. The van der Waals surface area contributed by atoms with E-state index in [4.69, 9.17) is 14.2 Å². The van der Waals surface area contributed by atoms with Gasteiger partial charge in [-0.2, -0.15) is 0 Å². The second-order valence-corrected chi connectivity index (χ2v) is 5.62. The fourth-order valence-electron chi connectivity index (χ4n) is 2.24. The van der Waals surface area contributed by atoms with Gasteiger partial charge in [0.2, 0.25) is 0 Å². The van der Waals surface area contributed by atoms with Crippen LogP contribution >= 0.6 is 0 Å². The Hall–Kier alpha value is -2.44. The number of hydrogen-bond donors (Lipinski definition) is 1. The van der Waals surface area contributed by atoms with Crippen molar-refractivity contribution in [3.8, 4) is 5.75 Å². The summed E-state index contributed by atoms with van der Waals surface area (Å²) in [4.78, 5) is 16.1. The van der Waals surface area contributed by atoms with Crippen molar-refractivity contribution in [1.29, 1.82) is 0 Å². The van der Waals surface area contributed by atoms with E-state index < -0.39 is 11.9 Å². The van der Waals surface area contributed by atoms with Crippen LogP contribution in [0.25, 0.3) is 0 Å². The van der Waals surface area contributed by atoms with Crippen molar-refractivity contribution in [3.63, 3.8) is 0 Å². The maximum atomic E-state index is 11.8. The summed E-state index contributed by atoms with van der Waals surface area (Å²) in [7, 11) is 0. The summed E-state index contributed by atoms with van der Waals surface area (Å²) < 4.78 is 16.4. The van der Waals surface area contributed by atoms with Crippen molar-refractivity contribution in [2.24, 2.45) is 0 Å². The third kappa shape index (κ3) is 4.06. The molecular weight excluding hydrogens is 296 g/mol. The van der Waals surface area contributed by atoms with Crippen LogP contribution in [0.1, 0.15) is 25.6 Å². The lowest BCUT2D eigenvalue weighted by Gasteiger charge is -2.16. The number of rotatable bonds is 3. The first-order chi connectivity index (χ1) is 11.0. The standard InChI is InChI=1S/C17H18N2O4/c1-17(2)21-11-15(23-17)14-9-8-12(10-18-14)19-16(20)22-13-6-4-3-5-7-13/h3-10,15H,11H2,1-2H3,(H,19,20)/t15-/m1/s1. The van der Waals surface area contributed by atoms with Gasteiger partial charge in [-0.25, -0.2) is 4.79 Å². The molecule has 0 aliphatic carbocycles. The highest BCUT2D eigenvalue weighted by molar-refractivity contribution is 5.85. The SMILES string of the molecule is CC1(C)OC[C@H](c2ccc(NC(=O)Oc3ccccc3)cn2)O1. The number of amides is 1. The number of aromatic nitrogens is 1. The van der Waals surface area contributed by atoms with Gasteiger partial charge in [0.05, 0.1) is 24.2 Å². The molecule has 1 N–H and O–H groups in total. The van der Waals surface area contributed by atoms with E-state index in [9.17, 15) is 4.79 Å². The number of ether oxygens (including phenoxy) is 3. The normalized spacial score (nSPS) is 19.3. The number of pyridine rings is 1. The highest BCUT2D eigenvalue weighted by Gasteiger charge is 2.34. The Kier molecular flexibility index (Phi) is 4.27. The third-order valence-corrected chi connectivity index (χ3v) is 3.32. The molecule has 23 heavy (non-hydrogen) atoms. The van der Waals surface area contributed by atoms with Crippen molar-refractivity contribution in [2.75, 3.05) is 11.9 Å². The number of hydrogen-bond acceptors (Lipinski definition) is 5. The maximum absolute atomic E-state index is 11.8. The third-order valence-electron chi connectivity index (χ3n) is 3.32. The molecule has 1 aromatic heterocycles. The first kappa shape index (κ1) is 15.5. The largest absolute Gasteiger partial charge is 0.417 e. The Balaban J connectivity index is 1.58. The van der Waals surface area contributed by atoms with Crippen LogP contribution in [-0.4, -0.2) is 23.5 Å². The quantitative estimate of drug-likeness (QED) is 0.938. The predicted octanol–water partition coefficient (Wildman–Crippen LogP) is 3.52. The average molecular weight is 314 g/mol. The van der Waals surface area contributed by atoms with E-state index in [-0.39, 0.29) is 6.10 Å². The summed E-state index contributed by atoms with van der Waals surface area (Å²) >= 11 is 0. The van der Waals surface area contributed by atoms with Gasteiger partial charge < -0.3 is 14.2 Å². The van der Waals surface area contributed by atoms with E-state index in [1.54, 1.807) is 42.6 Å². The molecule has 1 saturated heterocycles. The van der Waals surface area contributed by atoms with E-state index in [0.29, 0.717) is 18.0 Å². The Labute approximate surface area is 134 Å². The molecule has 1 fully saturated rings. The fraction of sp³-hybridized carbons (Fsp3) is 0.294. The monoisotopic (exact) mass is 314 g/mol. The van der Waals surface area contributed by atoms with Crippen LogP contribution in [0.2, 0.25) is 0 Å². The molecule has 2 heterocycles. The van der Waals surface area contributed by atoms with Gasteiger partial charge in [0, 0.05) is 0 Å². The molecule has 0 bridgehead atoms. The Bertz CT molecular complexity index is 671. The minimum atomic E-state index is -0.594. The molecule has 0 saturated carbocycles. The number of carbonyl (C=O) groups is 1. The minimum absolute atomic E-state index is 0.199. The number of anilines is 1. The number of para-hydroxylation sites is 1. The molecular formula is C17H18N2O4. The van der Waals surface area contributed by atoms with E-state index in [0.717, 1.165) is 5.69 Å². The molecule has 1 aromatic carbocycles. The molecule has 1 aliphatic rings. The summed E-state index contributed by atoms with van der Waals surface area (Å²) in [5, 5.41) is 2.63. The zero-order chi connectivity index (χ0) is 16.3. The molecule has 2 aromatic rings. The van der Waals surface area contributed by atoms with Crippen LogP contribution in [0.4, 0.5) is 10.5 Å². The van der Waals surface area contributed by atoms with E-state index >= 15 is 0 Å². The van der Waals surface area contributed by atoms with Crippen molar-refractivity contribution in [3.05, 3.63) is 54.4 Å². The highest BCUT2D eigenvalue weighted by Crippen LogP contribution is 2.31. The molecule has 120 valence electrons. The predicted molar refractivity (Wildman–Crippen MR) is 84.2 cm³/mol. The number of benzene rings is 1. The molecule has 0 unspecified atom stereocenters. The molecule has 3 rings (SSSR count). The molecule has 1 atom stereocenters. The second kappa shape index (κ2) is 6.36. The summed E-state index contributed by atoms with van der Waals surface area (Å²) in [6.07, 6.45) is 0.804. The first-order valence-corrected chi connectivity index (χ1v) is 7.33. The molecule has 6 nitrogen and oxygen atoms in total. The summed E-state index contributed by atoms with van der Waals surface area (Å²) in [5.74, 6) is -0.115. The maximum Gasteiger partial charge on any atom is 0.417 e. The molecule has 0 radical (unpaired) electrons. The van der Waals surface area contributed by atoms with Gasteiger partial charge in [0.1, 0.15) is 11.9 Å². The Morgan fingerprint density at radius 3 is 2.65 bits per heavy atom. The van der Waals surface area contributed by atoms with Crippen molar-refractivity contribution < 1.29 is 19.0 Å². The van der Waals surface area contributed by atoms with Crippen LogP contribution in [0.15, 0.2) is 48.7 Å². The van der Waals surface area contributed by atoms with Gasteiger partial charge in [-0.05, 0) is 38.1 Å². The van der Waals surface area contributed by atoms with Crippen LogP contribution < -0.4 is 10.1 Å². The second-order valence-electron chi connectivity index (χ2n) is 5.62. The number of nitrogens with zero attached hydrogens (tertiary/aromatic N) is 1. The smallest absolute Gasteiger partial charge is 0.410 e. The lowest BCUT2D eigenvalue weighted by atomic mass is 10.2. The molecule has 6 heteroatoms. The first-order valence-electron chi connectivity index (χ1n) is 7.33. The molecule has 0 spiro atoms. The lowest BCUT2D eigenvalue weighted by molar-refractivity contribution is -0.139. The van der Waals surface area contributed by atoms with Gasteiger partial charge in [-0.1, -0.05) is 18.2 Å². The minimum Gasteiger partial charge on any atom is -0.410 e. The van der Waals surface area contributed by atoms with E-state index in [1.807, 2.05) is 19.9 Å². The average Bonchev–Trinajstić information content (AvgIpc) is 2.89. The van der Waals surface area contributed by atoms with Gasteiger partial charge in [0.25, 0.3) is 0 Å². The summed E-state index contributed by atoms with van der Waals surface area (Å²) in [6, 6.07) is 12.4. The van der Waals surface area contributed by atoms with Crippen LogP contribution in [0.3, 0.4) is 0 Å². The Morgan fingerprint density at radius 1 is 1.26 bits per heavy atom. The fourth-order valence-corrected chi connectivity index (χ4v) is 2.24. The molecule has 1 aliphatic heterocycles. The van der Waals surface area contributed by atoms with Crippen molar-refractivity contribution in [2.45, 2.75) is 25.7 Å². The van der Waals surface area contributed by atoms with Crippen molar-refractivity contribution in [1.82, 2.24) is 4.98 Å². The van der Waals surface area contributed by atoms with E-state index in [1.165, 1.54) is 0 Å². The van der Waals surface area contributed by atoms with Crippen LogP contribution in [0, 0.1) is 0 Å². The van der Waals surface area contributed by atoms with Crippen molar-refractivity contribution >= 4 is 11.8 Å². The summed E-state index contributed by atoms with van der Waals surface area (Å²) in [5.41, 5.74) is 1.31. The van der Waals surface area contributed by atoms with E-state index in [2.05, 4.69) is 10.3 Å². The van der Waals surface area contributed by atoms with Crippen LogP contribution in [0.5, 0.6) is 5.75 Å². The Morgan fingerprint density at radius 2 is 2.04 bits per heavy atom. The van der Waals surface area contributed by atoms with Gasteiger partial charge >= 0.3 is 6.09 Å². The summed E-state index contributed by atoms with van der Waals surface area (Å²) in [6.45, 7) is 4.19.